The first kappa shape index (κ1) is 30.4. The predicted molar refractivity (Wildman–Crippen MR) is 167 cm³/mol. The lowest BCUT2D eigenvalue weighted by Gasteiger charge is -2.31. The van der Waals surface area contributed by atoms with Gasteiger partial charge < -0.3 is 19.7 Å². The van der Waals surface area contributed by atoms with Crippen LogP contribution in [0, 0.1) is 13.8 Å². The van der Waals surface area contributed by atoms with E-state index in [4.69, 9.17) is 37.8 Å². The lowest BCUT2D eigenvalue weighted by molar-refractivity contribution is -0.121. The number of methoxy groups -OCH3 is 1. The third kappa shape index (κ3) is 5.45. The van der Waals surface area contributed by atoms with E-state index in [9.17, 15) is 9.59 Å². The molecule has 1 aliphatic rings. The van der Waals surface area contributed by atoms with Crippen molar-refractivity contribution in [2.45, 2.75) is 53.3 Å². The summed E-state index contributed by atoms with van der Waals surface area (Å²) in [5.74, 6) is 0.750. The highest BCUT2D eigenvalue weighted by molar-refractivity contribution is 6.34. The highest BCUT2D eigenvalue weighted by Crippen LogP contribution is 2.47. The number of aromatic nitrogens is 4. The molecule has 4 aromatic rings. The highest BCUT2D eigenvalue weighted by atomic mass is 35.5. The topological polar surface area (TPSA) is 104 Å². The molecule has 5 rings (SSSR count). The summed E-state index contributed by atoms with van der Waals surface area (Å²) in [5.41, 5.74) is 5.58. The number of aryl methyl sites for hydroxylation is 1. The lowest BCUT2D eigenvalue weighted by atomic mass is 9.94. The Morgan fingerprint density at radius 2 is 1.74 bits per heavy atom. The van der Waals surface area contributed by atoms with Crippen LogP contribution in [0.4, 0.5) is 0 Å². The largest absolute Gasteiger partial charge is 0.496 e. The summed E-state index contributed by atoms with van der Waals surface area (Å²) in [6.07, 6.45) is 0. The van der Waals surface area contributed by atoms with E-state index in [1.165, 1.54) is 0 Å². The molecule has 2 aromatic carbocycles. The number of carbonyl (C=O) groups is 2. The molecule has 1 aliphatic heterocycles. The molecular formula is C31H34Cl2N6O4. The number of amides is 2. The molecule has 0 radical (unpaired) electrons. The quantitative estimate of drug-likeness (QED) is 0.289. The van der Waals surface area contributed by atoms with E-state index in [-0.39, 0.29) is 30.7 Å². The number of likely N-dealkylation sites (N-methyl/N-ethyl adjacent to an activating group) is 1. The molecule has 2 aromatic heterocycles. The number of benzene rings is 2. The third-order valence-electron chi connectivity index (χ3n) is 7.74. The maximum absolute atomic E-state index is 13.8. The second-order valence-corrected chi connectivity index (χ2v) is 12.3. The van der Waals surface area contributed by atoms with Crippen molar-refractivity contribution in [3.05, 3.63) is 63.0 Å². The molecule has 1 N–H and O–H groups in total. The van der Waals surface area contributed by atoms with Gasteiger partial charge in [-0.2, -0.15) is 10.2 Å². The van der Waals surface area contributed by atoms with Gasteiger partial charge in [0.25, 0.3) is 5.91 Å². The Labute approximate surface area is 260 Å². The number of nitrogens with one attached hydrogen (secondary N) is 1. The van der Waals surface area contributed by atoms with Gasteiger partial charge in [-0.25, -0.2) is 4.68 Å². The van der Waals surface area contributed by atoms with Crippen molar-refractivity contribution in [2.24, 2.45) is 0 Å². The molecule has 0 unspecified atom stereocenters. The number of ether oxygens (including phenoxy) is 2. The minimum absolute atomic E-state index is 0.0821. The highest BCUT2D eigenvalue weighted by Gasteiger charge is 2.35. The van der Waals surface area contributed by atoms with Crippen molar-refractivity contribution in [1.29, 1.82) is 0 Å². The fourth-order valence-electron chi connectivity index (χ4n) is 5.18. The molecule has 3 heterocycles. The average molecular weight is 626 g/mol. The molecule has 12 heteroatoms. The summed E-state index contributed by atoms with van der Waals surface area (Å²) in [4.78, 5) is 27.6. The molecule has 10 nitrogen and oxygen atoms in total. The van der Waals surface area contributed by atoms with Gasteiger partial charge >= 0.3 is 0 Å². The molecular weight excluding hydrogens is 591 g/mol. The van der Waals surface area contributed by atoms with E-state index in [0.717, 1.165) is 22.5 Å². The van der Waals surface area contributed by atoms with E-state index in [2.05, 4.69) is 10.4 Å². The fraction of sp³-hybridized carbons (Fsp3) is 0.355. The van der Waals surface area contributed by atoms with Crippen molar-refractivity contribution in [3.63, 3.8) is 0 Å². The minimum Gasteiger partial charge on any atom is -0.496 e. The number of hydrogen-bond donors (Lipinski definition) is 1. The van der Waals surface area contributed by atoms with Crippen molar-refractivity contribution < 1.29 is 19.1 Å². The second-order valence-electron chi connectivity index (χ2n) is 11.5. The minimum atomic E-state index is -0.440. The van der Waals surface area contributed by atoms with Crippen molar-refractivity contribution in [3.8, 4) is 39.6 Å². The Balaban J connectivity index is 1.78. The summed E-state index contributed by atoms with van der Waals surface area (Å²) in [6, 6.07) is 8.93. The van der Waals surface area contributed by atoms with E-state index < -0.39 is 5.54 Å². The van der Waals surface area contributed by atoms with E-state index in [0.29, 0.717) is 44.1 Å². The number of halogens is 2. The Morgan fingerprint density at radius 1 is 1.07 bits per heavy atom. The zero-order valence-electron chi connectivity index (χ0n) is 25.4. The van der Waals surface area contributed by atoms with Gasteiger partial charge in [0.05, 0.1) is 24.2 Å². The van der Waals surface area contributed by atoms with Gasteiger partial charge in [0, 0.05) is 63.7 Å². The number of nitrogens with zero attached hydrogens (tertiary/aromatic N) is 5. The Hall–Kier alpha value is -4.02. The van der Waals surface area contributed by atoms with Gasteiger partial charge in [-0.3, -0.25) is 14.3 Å². The van der Waals surface area contributed by atoms with Crippen LogP contribution < -0.4 is 14.8 Å². The van der Waals surface area contributed by atoms with Crippen LogP contribution in [0.1, 0.15) is 48.2 Å². The lowest BCUT2D eigenvalue weighted by Crippen LogP contribution is -2.43. The molecule has 0 fully saturated rings. The van der Waals surface area contributed by atoms with Crippen LogP contribution in [-0.4, -0.2) is 63.0 Å². The van der Waals surface area contributed by atoms with Crippen molar-refractivity contribution in [1.82, 2.24) is 29.8 Å². The zero-order valence-corrected chi connectivity index (χ0v) is 26.9. The Bertz CT molecular complexity index is 1750. The van der Waals surface area contributed by atoms with Crippen LogP contribution in [0.2, 0.25) is 10.0 Å². The van der Waals surface area contributed by atoms with E-state index in [1.807, 2.05) is 46.8 Å². The smallest absolute Gasteiger partial charge is 0.274 e. The summed E-state index contributed by atoms with van der Waals surface area (Å²) in [6.45, 7) is 9.90. The van der Waals surface area contributed by atoms with E-state index >= 15 is 0 Å². The summed E-state index contributed by atoms with van der Waals surface area (Å²) in [7, 11) is 4.94. The van der Waals surface area contributed by atoms with Gasteiger partial charge in [-0.15, -0.1) is 0 Å². The first-order chi connectivity index (χ1) is 20.2. The van der Waals surface area contributed by atoms with Crippen molar-refractivity contribution >= 4 is 35.0 Å². The molecule has 0 aliphatic carbocycles. The van der Waals surface area contributed by atoms with Gasteiger partial charge in [0.2, 0.25) is 5.91 Å². The van der Waals surface area contributed by atoms with Crippen LogP contribution >= 0.6 is 23.2 Å². The third-order valence-corrected chi connectivity index (χ3v) is 8.18. The SMILES string of the molecule is CNC(=O)Cn1nc(C)c(-c2cc3c(cc2OC)OCc2c(C(=O)N(C)C(C)(C)C)nn(-c4cc(Cl)cc(Cl)c4)c2-3)c1C. The Kier molecular flexibility index (Phi) is 7.96. The number of rotatable bonds is 6. The summed E-state index contributed by atoms with van der Waals surface area (Å²) in [5, 5.41) is 13.0. The van der Waals surface area contributed by atoms with Gasteiger partial charge in [0.15, 0.2) is 5.69 Å². The van der Waals surface area contributed by atoms with Gasteiger partial charge in [0.1, 0.15) is 24.7 Å². The maximum atomic E-state index is 13.8. The first-order valence-corrected chi connectivity index (χ1v) is 14.5. The molecule has 0 bridgehead atoms. The standard InChI is InChI=1S/C31H34Cl2N6O4/c1-16-27(17(2)38(35-16)14-26(40)34-6)21-12-22-25(13-24(21)42-8)43-15-23-28(30(41)37(7)31(3,4)5)36-39(29(22)23)20-10-18(32)9-19(33)11-20/h9-13H,14-15H2,1-8H3,(H,34,40). The Morgan fingerprint density at radius 3 is 2.35 bits per heavy atom. The molecule has 226 valence electrons. The van der Waals surface area contributed by atoms with Crippen molar-refractivity contribution in [2.75, 3.05) is 21.2 Å². The molecule has 43 heavy (non-hydrogen) atoms. The maximum Gasteiger partial charge on any atom is 0.274 e. The first-order valence-electron chi connectivity index (χ1n) is 13.7. The molecule has 0 atom stereocenters. The number of carbonyl (C=O) groups excluding carboxylic acids is 2. The predicted octanol–water partition coefficient (Wildman–Crippen LogP) is 5.84. The number of fused-ring (bicyclic) bond motifs is 3. The average Bonchev–Trinajstić information content (AvgIpc) is 3.47. The monoisotopic (exact) mass is 624 g/mol. The summed E-state index contributed by atoms with van der Waals surface area (Å²) >= 11 is 12.8. The van der Waals surface area contributed by atoms with E-state index in [1.54, 1.807) is 53.7 Å². The molecule has 0 saturated carbocycles. The van der Waals surface area contributed by atoms with Gasteiger partial charge in [-0.05, 0) is 58.9 Å². The van der Waals surface area contributed by atoms with Gasteiger partial charge in [-0.1, -0.05) is 23.2 Å². The zero-order chi connectivity index (χ0) is 31.4. The van der Waals surface area contributed by atoms with Crippen LogP contribution in [0.25, 0.3) is 28.1 Å². The molecule has 0 spiro atoms. The van der Waals surface area contributed by atoms with Crippen LogP contribution in [0.15, 0.2) is 30.3 Å². The summed E-state index contributed by atoms with van der Waals surface area (Å²) < 4.78 is 15.4. The normalized spacial score (nSPS) is 12.3. The molecule has 0 saturated heterocycles. The second kappa shape index (κ2) is 11.2. The molecule has 2 amide bonds. The number of hydrogen-bond acceptors (Lipinski definition) is 6. The van der Waals surface area contributed by atoms with Crippen LogP contribution in [0.3, 0.4) is 0 Å². The van der Waals surface area contributed by atoms with Crippen LogP contribution in [0.5, 0.6) is 11.5 Å². The fourth-order valence-corrected chi connectivity index (χ4v) is 5.70. The van der Waals surface area contributed by atoms with Crippen LogP contribution in [-0.2, 0) is 17.9 Å².